The van der Waals surface area contributed by atoms with Gasteiger partial charge in [-0.2, -0.15) is 0 Å². The SMILES string of the molecule is Oc1ccc2cc(C3(c4ccc5cc(O)ccc5c4)C=c4c(ccc5c4=Cc4c-5ccc5ccsc45)S3)ccc2c1. The topological polar surface area (TPSA) is 40.5 Å². The van der Waals surface area contributed by atoms with Gasteiger partial charge in [0.25, 0.3) is 0 Å². The molecule has 0 atom stereocenters. The van der Waals surface area contributed by atoms with Gasteiger partial charge < -0.3 is 10.2 Å². The second-order valence-corrected chi connectivity index (χ2v) is 13.1. The molecular weight excluding hydrogens is 541 g/mol. The fourth-order valence-corrected chi connectivity index (χ4v) is 8.95. The molecule has 7 aromatic rings. The highest BCUT2D eigenvalue weighted by Gasteiger charge is 2.38. The van der Waals surface area contributed by atoms with E-state index < -0.39 is 4.75 Å². The van der Waals surface area contributed by atoms with Gasteiger partial charge in [-0.15, -0.1) is 23.1 Å². The fraction of sp³-hybridized carbons (Fsp3) is 0.0270. The number of hydrogen-bond acceptors (Lipinski definition) is 4. The van der Waals surface area contributed by atoms with Crippen LogP contribution >= 0.6 is 23.1 Å². The third-order valence-electron chi connectivity index (χ3n) is 8.61. The summed E-state index contributed by atoms with van der Waals surface area (Å²) < 4.78 is 0.899. The van der Waals surface area contributed by atoms with E-state index in [0.717, 1.165) is 21.5 Å². The zero-order valence-electron chi connectivity index (χ0n) is 21.8. The molecule has 0 radical (unpaired) electrons. The maximum atomic E-state index is 10.1. The first-order chi connectivity index (χ1) is 20.1. The molecule has 1 aliphatic carbocycles. The summed E-state index contributed by atoms with van der Waals surface area (Å²) in [5.74, 6) is 0.551. The second-order valence-electron chi connectivity index (χ2n) is 10.9. The number of thioether (sulfide) groups is 1. The number of benzene rings is 6. The summed E-state index contributed by atoms with van der Waals surface area (Å²) >= 11 is 3.70. The first-order valence-corrected chi connectivity index (χ1v) is 15.3. The van der Waals surface area contributed by atoms with E-state index in [2.05, 4.69) is 84.3 Å². The van der Waals surface area contributed by atoms with Crippen LogP contribution < -0.4 is 10.4 Å². The molecule has 1 aromatic heterocycles. The summed E-state index contributed by atoms with van der Waals surface area (Å²) in [7, 11) is 0. The number of thiophene rings is 1. The summed E-state index contributed by atoms with van der Waals surface area (Å²) in [5.41, 5.74) is 6.32. The minimum atomic E-state index is -0.448. The molecule has 2 nitrogen and oxygen atoms in total. The molecule has 0 saturated heterocycles. The summed E-state index contributed by atoms with van der Waals surface area (Å²) in [5, 5.41) is 30.4. The quantitative estimate of drug-likeness (QED) is 0.223. The Morgan fingerprint density at radius 1 is 0.537 bits per heavy atom. The number of aromatic hydroxyl groups is 2. The van der Waals surface area contributed by atoms with Gasteiger partial charge in [0.1, 0.15) is 11.5 Å². The van der Waals surface area contributed by atoms with Crippen LogP contribution in [-0.2, 0) is 4.75 Å². The van der Waals surface area contributed by atoms with Crippen LogP contribution in [0.3, 0.4) is 0 Å². The lowest BCUT2D eigenvalue weighted by atomic mass is 9.86. The van der Waals surface area contributed by atoms with E-state index in [1.54, 1.807) is 12.1 Å². The van der Waals surface area contributed by atoms with Crippen LogP contribution in [0.4, 0.5) is 0 Å². The van der Waals surface area contributed by atoms with E-state index in [0.29, 0.717) is 0 Å². The van der Waals surface area contributed by atoms with Gasteiger partial charge in [-0.3, -0.25) is 0 Å². The lowest BCUT2D eigenvalue weighted by Gasteiger charge is -2.29. The Balaban J connectivity index is 1.33. The molecule has 0 unspecified atom stereocenters. The van der Waals surface area contributed by atoms with E-state index in [9.17, 15) is 10.2 Å². The average molecular weight is 563 g/mol. The minimum Gasteiger partial charge on any atom is -0.508 e. The third kappa shape index (κ3) is 3.32. The molecule has 194 valence electrons. The van der Waals surface area contributed by atoms with Gasteiger partial charge in [-0.1, -0.05) is 60.7 Å². The lowest BCUT2D eigenvalue weighted by molar-refractivity contribution is 0.475. The summed E-state index contributed by atoms with van der Waals surface area (Å²) in [6, 6.07) is 35.6. The Morgan fingerprint density at radius 3 is 1.85 bits per heavy atom. The summed E-state index contributed by atoms with van der Waals surface area (Å²) in [6.07, 6.45) is 4.85. The van der Waals surface area contributed by atoms with Crippen LogP contribution in [0.15, 0.2) is 113 Å². The molecule has 4 heteroatoms. The number of rotatable bonds is 2. The van der Waals surface area contributed by atoms with Crippen LogP contribution in [-0.4, -0.2) is 10.2 Å². The van der Waals surface area contributed by atoms with Crippen LogP contribution in [0.2, 0.25) is 0 Å². The zero-order valence-corrected chi connectivity index (χ0v) is 23.4. The van der Waals surface area contributed by atoms with Crippen molar-refractivity contribution in [2.45, 2.75) is 9.64 Å². The molecule has 0 spiro atoms. The van der Waals surface area contributed by atoms with E-state index in [-0.39, 0.29) is 11.5 Å². The molecular formula is C37H22O2S2. The van der Waals surface area contributed by atoms with Gasteiger partial charge in [-0.05, 0) is 120 Å². The summed E-state index contributed by atoms with van der Waals surface area (Å²) in [4.78, 5) is 1.27. The smallest absolute Gasteiger partial charge is 0.116 e. The molecule has 0 fully saturated rings. The third-order valence-corrected chi connectivity index (χ3v) is 11.1. The van der Waals surface area contributed by atoms with Gasteiger partial charge >= 0.3 is 0 Å². The van der Waals surface area contributed by atoms with E-state index in [1.807, 2.05) is 47.4 Å². The Morgan fingerprint density at radius 2 is 1.15 bits per heavy atom. The Bertz CT molecular complexity index is 2300. The first-order valence-electron chi connectivity index (χ1n) is 13.6. The average Bonchev–Trinajstić information content (AvgIpc) is 3.71. The normalized spacial score (nSPS) is 14.5. The van der Waals surface area contributed by atoms with Crippen molar-refractivity contribution >= 4 is 66.9 Å². The van der Waals surface area contributed by atoms with Crippen LogP contribution in [0.1, 0.15) is 16.7 Å². The number of fused-ring (bicyclic) bond motifs is 9. The van der Waals surface area contributed by atoms with Gasteiger partial charge in [0.2, 0.25) is 0 Å². The minimum absolute atomic E-state index is 0.275. The van der Waals surface area contributed by atoms with Gasteiger partial charge in [0.15, 0.2) is 0 Å². The monoisotopic (exact) mass is 562 g/mol. The van der Waals surface area contributed by atoms with E-state index in [4.69, 9.17) is 0 Å². The predicted molar refractivity (Wildman–Crippen MR) is 172 cm³/mol. The van der Waals surface area contributed by atoms with E-state index in [1.165, 1.54) is 53.2 Å². The molecule has 0 saturated carbocycles. The van der Waals surface area contributed by atoms with Crippen LogP contribution in [0, 0.1) is 0 Å². The second kappa shape index (κ2) is 8.26. The van der Waals surface area contributed by atoms with Gasteiger partial charge in [0.05, 0.1) is 4.75 Å². The molecule has 2 N–H and O–H groups in total. The standard InChI is InChI=1S/C37H22O2S2/c38-28-8-3-22-15-26(6-1-24(22)17-28)37(27-7-2-25-18-29(39)9-4-23(25)16-27)20-34-32-19-33-31(30(32)11-12-35(34)41-37)10-5-21-13-14-40-36(21)33/h1-20,38-39H. The predicted octanol–water partition coefficient (Wildman–Crippen LogP) is 8.26. The highest BCUT2D eigenvalue weighted by atomic mass is 32.2. The molecule has 2 aliphatic rings. The number of hydrogen-bond donors (Lipinski definition) is 2. The lowest BCUT2D eigenvalue weighted by Crippen LogP contribution is -2.26. The van der Waals surface area contributed by atoms with Crippen molar-refractivity contribution < 1.29 is 10.2 Å². The Hall–Kier alpha value is -4.51. The first kappa shape index (κ1) is 23.2. The van der Waals surface area contributed by atoms with Crippen LogP contribution in [0.5, 0.6) is 11.5 Å². The van der Waals surface area contributed by atoms with Gasteiger partial charge in [-0.25, -0.2) is 0 Å². The number of phenolic OH excluding ortho intramolecular Hbond substituents is 2. The van der Waals surface area contributed by atoms with E-state index >= 15 is 0 Å². The number of phenols is 2. The highest BCUT2D eigenvalue weighted by Crippen LogP contribution is 2.51. The molecule has 1 aliphatic heterocycles. The largest absolute Gasteiger partial charge is 0.508 e. The molecule has 0 amide bonds. The van der Waals surface area contributed by atoms with Crippen molar-refractivity contribution in [1.29, 1.82) is 0 Å². The molecule has 41 heavy (non-hydrogen) atoms. The summed E-state index contributed by atoms with van der Waals surface area (Å²) in [6.45, 7) is 0. The van der Waals surface area contributed by atoms with Crippen molar-refractivity contribution in [1.82, 2.24) is 0 Å². The van der Waals surface area contributed by atoms with Crippen molar-refractivity contribution in [3.63, 3.8) is 0 Å². The highest BCUT2D eigenvalue weighted by molar-refractivity contribution is 8.01. The van der Waals surface area contributed by atoms with Crippen LogP contribution in [0.25, 0.3) is 54.9 Å². The maximum absolute atomic E-state index is 10.1. The molecule has 9 rings (SSSR count). The van der Waals surface area contributed by atoms with Crippen molar-refractivity contribution in [3.05, 3.63) is 136 Å². The van der Waals surface area contributed by atoms with Crippen molar-refractivity contribution in [2.75, 3.05) is 0 Å². The molecule has 0 bridgehead atoms. The zero-order chi connectivity index (χ0) is 27.3. The molecule has 2 heterocycles. The fourth-order valence-electron chi connectivity index (χ4n) is 6.61. The maximum Gasteiger partial charge on any atom is 0.116 e. The van der Waals surface area contributed by atoms with Gasteiger partial charge in [0, 0.05) is 15.2 Å². The van der Waals surface area contributed by atoms with Crippen molar-refractivity contribution in [2.24, 2.45) is 0 Å². The molecule has 6 aromatic carbocycles. The Labute approximate surface area is 244 Å². The Kier molecular flexibility index (Phi) is 4.68. The van der Waals surface area contributed by atoms with Crippen molar-refractivity contribution in [3.8, 4) is 22.6 Å².